The maximum absolute atomic E-state index is 13.1. The van der Waals surface area contributed by atoms with Crippen molar-refractivity contribution < 1.29 is 13.9 Å². The topological polar surface area (TPSA) is 30.5 Å². The Morgan fingerprint density at radius 1 is 1.53 bits per heavy atom. The molecule has 0 radical (unpaired) electrons. The number of hydrogen-bond donors (Lipinski definition) is 1. The molecular formula is C15H22FNO2. The molecule has 1 fully saturated rings. The summed E-state index contributed by atoms with van der Waals surface area (Å²) in [6.45, 7) is 6.08. The number of halogens is 1. The monoisotopic (exact) mass is 267 g/mol. The molecule has 0 aliphatic carbocycles. The zero-order valence-corrected chi connectivity index (χ0v) is 11.6. The van der Waals surface area contributed by atoms with Crippen LogP contribution in [0, 0.1) is 12.7 Å². The van der Waals surface area contributed by atoms with Crippen LogP contribution in [0.15, 0.2) is 18.2 Å². The van der Waals surface area contributed by atoms with E-state index < -0.39 is 0 Å². The van der Waals surface area contributed by atoms with Crippen molar-refractivity contribution in [1.29, 1.82) is 0 Å². The van der Waals surface area contributed by atoms with E-state index in [4.69, 9.17) is 9.47 Å². The van der Waals surface area contributed by atoms with Crippen molar-refractivity contribution in [2.45, 2.75) is 38.8 Å². The van der Waals surface area contributed by atoms with Gasteiger partial charge in [0.15, 0.2) is 0 Å². The second-order valence-corrected chi connectivity index (χ2v) is 5.05. The number of benzene rings is 1. The van der Waals surface area contributed by atoms with E-state index in [1.165, 1.54) is 6.07 Å². The van der Waals surface area contributed by atoms with E-state index in [0.717, 1.165) is 26.0 Å². The molecule has 1 aliphatic heterocycles. The van der Waals surface area contributed by atoms with Crippen LogP contribution in [0.1, 0.15) is 25.3 Å². The van der Waals surface area contributed by atoms with E-state index in [1.54, 1.807) is 19.1 Å². The lowest BCUT2D eigenvalue weighted by Gasteiger charge is -2.20. The molecule has 1 heterocycles. The van der Waals surface area contributed by atoms with Crippen LogP contribution in [0.2, 0.25) is 0 Å². The van der Waals surface area contributed by atoms with Gasteiger partial charge >= 0.3 is 0 Å². The van der Waals surface area contributed by atoms with Crippen LogP contribution in [0.25, 0.3) is 0 Å². The summed E-state index contributed by atoms with van der Waals surface area (Å²) < 4.78 is 24.3. The summed E-state index contributed by atoms with van der Waals surface area (Å²) in [5.41, 5.74) is 0.609. The molecule has 0 bridgehead atoms. The SMILES string of the molecule is Cc1cc(OCCNC(C)C2CCCO2)ccc1F. The van der Waals surface area contributed by atoms with Gasteiger partial charge < -0.3 is 14.8 Å². The number of rotatable bonds is 6. The van der Waals surface area contributed by atoms with E-state index in [2.05, 4.69) is 12.2 Å². The quantitative estimate of drug-likeness (QED) is 0.804. The van der Waals surface area contributed by atoms with Crippen LogP contribution in [0.4, 0.5) is 4.39 Å². The second kappa shape index (κ2) is 6.87. The molecule has 1 aromatic carbocycles. The molecule has 2 rings (SSSR count). The third kappa shape index (κ3) is 4.18. The number of ether oxygens (including phenoxy) is 2. The normalized spacial score (nSPS) is 20.5. The van der Waals surface area contributed by atoms with Gasteiger partial charge in [-0.1, -0.05) is 0 Å². The Labute approximate surface area is 114 Å². The summed E-state index contributed by atoms with van der Waals surface area (Å²) in [5.74, 6) is 0.517. The van der Waals surface area contributed by atoms with Crippen LogP contribution >= 0.6 is 0 Å². The molecule has 1 saturated heterocycles. The summed E-state index contributed by atoms with van der Waals surface area (Å²) in [7, 11) is 0. The first-order valence-corrected chi connectivity index (χ1v) is 6.91. The van der Waals surface area contributed by atoms with Gasteiger partial charge in [0.2, 0.25) is 0 Å². The highest BCUT2D eigenvalue weighted by Gasteiger charge is 2.21. The summed E-state index contributed by atoms with van der Waals surface area (Å²) in [6, 6.07) is 5.17. The molecule has 0 saturated carbocycles. The molecule has 2 unspecified atom stereocenters. The van der Waals surface area contributed by atoms with Crippen LogP contribution < -0.4 is 10.1 Å². The molecule has 19 heavy (non-hydrogen) atoms. The standard InChI is InChI=1S/C15H22FNO2/c1-11-10-13(5-6-14(11)16)18-9-7-17-12(2)15-4-3-8-19-15/h5-6,10,12,15,17H,3-4,7-9H2,1-2H3. The molecule has 1 aliphatic rings. The minimum Gasteiger partial charge on any atom is -0.492 e. The molecule has 0 amide bonds. The fraction of sp³-hybridized carbons (Fsp3) is 0.600. The van der Waals surface area contributed by atoms with Gasteiger partial charge in [-0.25, -0.2) is 4.39 Å². The average Bonchev–Trinajstić information content (AvgIpc) is 2.92. The maximum atomic E-state index is 13.1. The largest absolute Gasteiger partial charge is 0.492 e. The van der Waals surface area contributed by atoms with E-state index in [1.807, 2.05) is 0 Å². The number of hydrogen-bond acceptors (Lipinski definition) is 3. The highest BCUT2D eigenvalue weighted by atomic mass is 19.1. The Bertz CT molecular complexity index is 405. The van der Waals surface area contributed by atoms with Crippen molar-refractivity contribution in [3.05, 3.63) is 29.6 Å². The van der Waals surface area contributed by atoms with Gasteiger partial charge in [-0.2, -0.15) is 0 Å². The number of nitrogens with one attached hydrogen (secondary N) is 1. The summed E-state index contributed by atoms with van der Waals surface area (Å²) in [4.78, 5) is 0. The Hall–Kier alpha value is -1.13. The van der Waals surface area contributed by atoms with Gasteiger partial charge in [0.05, 0.1) is 6.10 Å². The van der Waals surface area contributed by atoms with Gasteiger partial charge in [-0.15, -0.1) is 0 Å². The molecule has 0 spiro atoms. The Kier molecular flexibility index (Phi) is 5.16. The fourth-order valence-corrected chi connectivity index (χ4v) is 2.29. The zero-order valence-electron chi connectivity index (χ0n) is 11.6. The first-order valence-electron chi connectivity index (χ1n) is 6.91. The molecule has 4 heteroatoms. The second-order valence-electron chi connectivity index (χ2n) is 5.05. The predicted octanol–water partition coefficient (Wildman–Crippen LogP) is 2.67. The highest BCUT2D eigenvalue weighted by molar-refractivity contribution is 5.28. The Morgan fingerprint density at radius 3 is 3.05 bits per heavy atom. The van der Waals surface area contributed by atoms with Crippen LogP contribution in [0.3, 0.4) is 0 Å². The first kappa shape index (κ1) is 14.3. The third-order valence-corrected chi connectivity index (χ3v) is 3.49. The zero-order chi connectivity index (χ0) is 13.7. The summed E-state index contributed by atoms with van der Waals surface area (Å²) >= 11 is 0. The molecule has 1 aromatic rings. The third-order valence-electron chi connectivity index (χ3n) is 3.49. The Morgan fingerprint density at radius 2 is 2.37 bits per heavy atom. The fourth-order valence-electron chi connectivity index (χ4n) is 2.29. The molecule has 0 aromatic heterocycles. The van der Waals surface area contributed by atoms with Gasteiger partial charge in [0.25, 0.3) is 0 Å². The van der Waals surface area contributed by atoms with Gasteiger partial charge in [0.1, 0.15) is 18.2 Å². The van der Waals surface area contributed by atoms with Gasteiger partial charge in [-0.3, -0.25) is 0 Å². The highest BCUT2D eigenvalue weighted by Crippen LogP contribution is 2.16. The molecule has 2 atom stereocenters. The minimum atomic E-state index is -0.197. The van der Waals surface area contributed by atoms with Crippen LogP contribution in [0.5, 0.6) is 5.75 Å². The van der Waals surface area contributed by atoms with Crippen molar-refractivity contribution in [3.63, 3.8) is 0 Å². The lowest BCUT2D eigenvalue weighted by molar-refractivity contribution is 0.0824. The molecular weight excluding hydrogens is 245 g/mol. The van der Waals surface area contributed by atoms with E-state index >= 15 is 0 Å². The van der Waals surface area contributed by atoms with E-state index in [0.29, 0.717) is 30.1 Å². The van der Waals surface area contributed by atoms with Crippen molar-refractivity contribution in [2.75, 3.05) is 19.8 Å². The van der Waals surface area contributed by atoms with Gasteiger partial charge in [0, 0.05) is 19.2 Å². The molecule has 3 nitrogen and oxygen atoms in total. The molecule has 1 N–H and O–H groups in total. The van der Waals surface area contributed by atoms with Crippen LogP contribution in [-0.4, -0.2) is 31.9 Å². The smallest absolute Gasteiger partial charge is 0.126 e. The van der Waals surface area contributed by atoms with Gasteiger partial charge in [-0.05, 0) is 50.5 Å². The van der Waals surface area contributed by atoms with Crippen molar-refractivity contribution in [3.8, 4) is 5.75 Å². The predicted molar refractivity (Wildman–Crippen MR) is 73.1 cm³/mol. The maximum Gasteiger partial charge on any atom is 0.126 e. The lowest BCUT2D eigenvalue weighted by Crippen LogP contribution is -2.39. The van der Waals surface area contributed by atoms with E-state index in [9.17, 15) is 4.39 Å². The van der Waals surface area contributed by atoms with Crippen molar-refractivity contribution >= 4 is 0 Å². The van der Waals surface area contributed by atoms with Crippen molar-refractivity contribution in [2.24, 2.45) is 0 Å². The number of aryl methyl sites for hydroxylation is 1. The lowest BCUT2D eigenvalue weighted by atomic mass is 10.1. The minimum absolute atomic E-state index is 0.197. The first-order chi connectivity index (χ1) is 9.16. The summed E-state index contributed by atoms with van der Waals surface area (Å²) in [6.07, 6.45) is 2.61. The van der Waals surface area contributed by atoms with Crippen LogP contribution in [-0.2, 0) is 4.74 Å². The van der Waals surface area contributed by atoms with E-state index in [-0.39, 0.29) is 5.82 Å². The molecule has 106 valence electrons. The Balaban J connectivity index is 1.67. The van der Waals surface area contributed by atoms with Crippen molar-refractivity contribution in [1.82, 2.24) is 5.32 Å². The average molecular weight is 267 g/mol. The summed E-state index contributed by atoms with van der Waals surface area (Å²) in [5, 5.41) is 3.40.